The van der Waals surface area contributed by atoms with Gasteiger partial charge in [0, 0.05) is 0 Å². The van der Waals surface area contributed by atoms with Gasteiger partial charge in [-0.05, 0) is 0 Å². The van der Waals surface area contributed by atoms with E-state index in [0.29, 0.717) is 0 Å². The quantitative estimate of drug-likeness (QED) is 0.776. The summed E-state index contributed by atoms with van der Waals surface area (Å²) in [7, 11) is 13.5. The fourth-order valence-corrected chi connectivity index (χ4v) is 19.7. The molecule has 0 radical (unpaired) electrons. The molecule has 0 aromatic heterocycles. The van der Waals surface area contributed by atoms with E-state index in [1.54, 1.807) is 5.57 Å². The molecule has 1 aliphatic carbocycles. The molecule has 1 unspecified atom stereocenters. The number of hydrogen-bond donors (Lipinski definition) is 0. The third-order valence-electron chi connectivity index (χ3n) is 5.01. The van der Waals surface area contributed by atoms with Gasteiger partial charge >= 0.3 is 126 Å². The molecule has 0 N–H and O–H groups in total. The van der Waals surface area contributed by atoms with E-state index in [-0.39, 0.29) is 3.12 Å². The monoisotopic (exact) mass is 343 g/mol. The Morgan fingerprint density at radius 1 is 0.842 bits per heavy atom. The number of nitrogens with zero attached hydrogens (tertiary/aromatic N) is 3. The second-order valence-corrected chi connectivity index (χ2v) is 18.9. The average Bonchev–Trinajstić information content (AvgIpc) is 2.42. The van der Waals surface area contributed by atoms with Crippen LogP contribution in [0.5, 0.6) is 0 Å². The summed E-state index contributed by atoms with van der Waals surface area (Å²) >= 11 is -2.93. The van der Waals surface area contributed by atoms with Crippen LogP contribution in [0.3, 0.4) is 0 Å². The van der Waals surface area contributed by atoms with Gasteiger partial charge in [0.15, 0.2) is 0 Å². The fourth-order valence-electron chi connectivity index (χ4n) is 4.28. The molecule has 0 saturated heterocycles. The van der Waals surface area contributed by atoms with Gasteiger partial charge in [0.25, 0.3) is 0 Å². The third kappa shape index (κ3) is 2.25. The van der Waals surface area contributed by atoms with Crippen molar-refractivity contribution in [3.8, 4) is 0 Å². The molecule has 0 saturated carbocycles. The normalized spacial score (nSPS) is 25.0. The molecule has 0 fully saturated rings. The first-order valence-electron chi connectivity index (χ1n) is 6.93. The molecule has 0 heterocycles. The Morgan fingerprint density at radius 2 is 1.21 bits per heavy atom. The van der Waals surface area contributed by atoms with Crippen molar-refractivity contribution >= 4 is 0 Å². The Bertz CT molecular complexity index is 399. The number of allylic oxidation sites excluding steroid dienone is 4. The van der Waals surface area contributed by atoms with E-state index in [1.165, 1.54) is 11.1 Å². The summed E-state index contributed by atoms with van der Waals surface area (Å²) in [6, 6.07) is 0. The van der Waals surface area contributed by atoms with Crippen molar-refractivity contribution in [2.45, 2.75) is 30.8 Å². The molecule has 0 bridgehead atoms. The molecule has 1 rings (SSSR count). The molecular weight excluding hydrogens is 313 g/mol. The van der Waals surface area contributed by atoms with Crippen molar-refractivity contribution in [1.82, 2.24) is 8.53 Å². The topological polar surface area (TPSA) is 9.72 Å². The molecule has 110 valence electrons. The van der Waals surface area contributed by atoms with Crippen LogP contribution in [-0.4, -0.2) is 50.8 Å². The van der Waals surface area contributed by atoms with Crippen LogP contribution < -0.4 is 0 Å². The van der Waals surface area contributed by atoms with Crippen molar-refractivity contribution in [2.75, 3.05) is 42.3 Å². The van der Waals surface area contributed by atoms with E-state index < -0.39 is 21.1 Å². The zero-order chi connectivity index (χ0) is 15.2. The summed E-state index contributed by atoms with van der Waals surface area (Å²) in [4.78, 5) is 0. The summed E-state index contributed by atoms with van der Waals surface area (Å²) in [6.45, 7) is 9.29. The summed E-state index contributed by atoms with van der Waals surface area (Å²) in [5, 5.41) is 0. The van der Waals surface area contributed by atoms with Gasteiger partial charge in [0.1, 0.15) is 0 Å². The van der Waals surface area contributed by atoms with Gasteiger partial charge in [0.05, 0.1) is 0 Å². The molecule has 3 nitrogen and oxygen atoms in total. The van der Waals surface area contributed by atoms with Crippen molar-refractivity contribution in [2.24, 2.45) is 0 Å². The molecule has 4 heteroatoms. The van der Waals surface area contributed by atoms with E-state index in [2.05, 4.69) is 84.6 Å². The SMILES string of the molecule is CC1=C[C](C)([Zr]([N](C)C)([N](C)C)[N](C)C)C(C)=C1C. The maximum absolute atomic E-state index is 2.93. The first kappa shape index (κ1) is 17.3. The van der Waals surface area contributed by atoms with Crippen molar-refractivity contribution in [3.05, 3.63) is 22.8 Å². The van der Waals surface area contributed by atoms with Gasteiger partial charge < -0.3 is 0 Å². The molecule has 0 aromatic rings. The van der Waals surface area contributed by atoms with Crippen LogP contribution in [-0.2, 0) is 21.1 Å². The molecular formula is C15H31N3Zr. The summed E-state index contributed by atoms with van der Waals surface area (Å²) in [5.74, 6) is 0. The van der Waals surface area contributed by atoms with Crippen molar-refractivity contribution in [1.29, 1.82) is 0 Å². The van der Waals surface area contributed by atoms with E-state index >= 15 is 0 Å². The van der Waals surface area contributed by atoms with Crippen LogP contribution in [0.1, 0.15) is 27.7 Å². The van der Waals surface area contributed by atoms with E-state index in [9.17, 15) is 0 Å². The average molecular weight is 345 g/mol. The Balaban J connectivity index is 3.61. The molecule has 0 aromatic carbocycles. The van der Waals surface area contributed by atoms with Gasteiger partial charge in [-0.15, -0.1) is 0 Å². The standard InChI is InChI=1S/C9H13.3C2H6N.Zr/c1-6-5-7(2)9(4)8(6)3;3*1-3-2;/h5H,1-4H3;3*1-2H3;/q;3*-1;+3. The molecule has 0 aliphatic heterocycles. The zero-order valence-electron chi connectivity index (χ0n) is 14.4. The Kier molecular flexibility index (Phi) is 5.06. The van der Waals surface area contributed by atoms with Crippen LogP contribution >= 0.6 is 0 Å². The molecule has 0 amide bonds. The van der Waals surface area contributed by atoms with Crippen LogP contribution in [0.4, 0.5) is 0 Å². The Morgan fingerprint density at radius 3 is 1.42 bits per heavy atom. The van der Waals surface area contributed by atoms with Gasteiger partial charge in [0.2, 0.25) is 0 Å². The van der Waals surface area contributed by atoms with E-state index in [4.69, 9.17) is 0 Å². The predicted octanol–water partition coefficient (Wildman–Crippen LogP) is 3.05. The molecule has 1 atom stereocenters. The number of hydrogen-bond acceptors (Lipinski definition) is 3. The van der Waals surface area contributed by atoms with Crippen LogP contribution in [0, 0.1) is 0 Å². The van der Waals surface area contributed by atoms with Crippen molar-refractivity contribution in [3.63, 3.8) is 0 Å². The Hall–Kier alpha value is 0.243. The van der Waals surface area contributed by atoms with Gasteiger partial charge in [-0.3, -0.25) is 0 Å². The minimum absolute atomic E-state index is 0.180. The number of rotatable bonds is 4. The van der Waals surface area contributed by atoms with E-state index in [1.807, 2.05) is 0 Å². The van der Waals surface area contributed by atoms with Crippen LogP contribution in [0.25, 0.3) is 0 Å². The van der Waals surface area contributed by atoms with Crippen LogP contribution in [0.15, 0.2) is 22.8 Å². The summed E-state index contributed by atoms with van der Waals surface area (Å²) in [6.07, 6.45) is 2.52. The maximum atomic E-state index is 2.53. The van der Waals surface area contributed by atoms with Crippen molar-refractivity contribution < 1.29 is 21.1 Å². The second kappa shape index (κ2) is 5.56. The fraction of sp³-hybridized carbons (Fsp3) is 0.733. The Labute approximate surface area is 125 Å². The first-order chi connectivity index (χ1) is 8.53. The zero-order valence-corrected chi connectivity index (χ0v) is 16.9. The molecule has 0 spiro atoms. The van der Waals surface area contributed by atoms with E-state index in [0.717, 1.165) is 0 Å². The third-order valence-corrected chi connectivity index (χ3v) is 18.9. The van der Waals surface area contributed by atoms with Gasteiger partial charge in [-0.1, -0.05) is 0 Å². The van der Waals surface area contributed by atoms with Gasteiger partial charge in [-0.25, -0.2) is 0 Å². The minimum atomic E-state index is -2.93. The van der Waals surface area contributed by atoms with Gasteiger partial charge in [-0.2, -0.15) is 0 Å². The first-order valence-corrected chi connectivity index (χ1v) is 11.5. The second-order valence-electron chi connectivity index (χ2n) is 6.60. The summed E-state index contributed by atoms with van der Waals surface area (Å²) in [5.41, 5.74) is 4.48. The summed E-state index contributed by atoms with van der Waals surface area (Å²) < 4.78 is 7.76. The van der Waals surface area contributed by atoms with Crippen LogP contribution in [0.2, 0.25) is 3.12 Å². The molecule has 19 heavy (non-hydrogen) atoms. The molecule has 1 aliphatic rings. The predicted molar refractivity (Wildman–Crippen MR) is 81.6 cm³/mol.